The van der Waals surface area contributed by atoms with E-state index in [-0.39, 0.29) is 24.1 Å². The summed E-state index contributed by atoms with van der Waals surface area (Å²) in [6, 6.07) is 9.55. The summed E-state index contributed by atoms with van der Waals surface area (Å²) >= 11 is 0. The van der Waals surface area contributed by atoms with Gasteiger partial charge < -0.3 is 16.0 Å². The van der Waals surface area contributed by atoms with Crippen molar-refractivity contribution < 1.29 is 4.79 Å². The van der Waals surface area contributed by atoms with Crippen molar-refractivity contribution in [2.24, 2.45) is 5.92 Å². The minimum atomic E-state index is -0.414. The molecule has 2 fully saturated rings. The third-order valence-electron chi connectivity index (χ3n) is 6.36. The third-order valence-corrected chi connectivity index (χ3v) is 6.36. The summed E-state index contributed by atoms with van der Waals surface area (Å²) in [6.07, 6.45) is 7.73. The Morgan fingerprint density at radius 3 is 2.65 bits per heavy atom. The number of anilines is 2. The number of carbonyl (C=O) groups excluding carboxylic acids is 1. The van der Waals surface area contributed by atoms with Gasteiger partial charge in [-0.05, 0) is 38.4 Å². The number of nitriles is 1. The van der Waals surface area contributed by atoms with Crippen LogP contribution in [0.1, 0.15) is 34.8 Å². The van der Waals surface area contributed by atoms with Gasteiger partial charge in [0.25, 0.3) is 0 Å². The summed E-state index contributed by atoms with van der Waals surface area (Å²) in [5.74, 6) is 0.192. The molecule has 4 heterocycles. The number of hydrogen-bond donors (Lipinski definition) is 3. The Hall–Kier alpha value is -3.32. The van der Waals surface area contributed by atoms with Gasteiger partial charge in [0.15, 0.2) is 5.78 Å². The number of hydrogen-bond acceptors (Lipinski definition) is 8. The SMILES string of the molecule is Cc1cnc(Nc2cnn(C3CCNCC3)c2)nc1-c1ccc(C(=O)C2NCC2C#N)cc1.Cl. The summed E-state index contributed by atoms with van der Waals surface area (Å²) in [5.41, 5.74) is 4.08. The lowest BCUT2D eigenvalue weighted by Crippen LogP contribution is -2.56. The number of halogens is 1. The fourth-order valence-corrected chi connectivity index (χ4v) is 4.32. The molecule has 2 aliphatic heterocycles. The number of aromatic nitrogens is 4. The average molecular weight is 479 g/mol. The number of benzene rings is 1. The van der Waals surface area contributed by atoms with E-state index in [2.05, 4.69) is 32.1 Å². The maximum absolute atomic E-state index is 12.6. The minimum absolute atomic E-state index is 0. The fraction of sp³-hybridized carbons (Fsp3) is 0.375. The van der Waals surface area contributed by atoms with Gasteiger partial charge in [0, 0.05) is 30.1 Å². The maximum Gasteiger partial charge on any atom is 0.227 e. The molecule has 34 heavy (non-hydrogen) atoms. The van der Waals surface area contributed by atoms with Crippen molar-refractivity contribution in [1.29, 1.82) is 5.26 Å². The average Bonchev–Trinajstić information content (AvgIpc) is 3.29. The van der Waals surface area contributed by atoms with E-state index in [1.807, 2.05) is 29.9 Å². The fourth-order valence-electron chi connectivity index (χ4n) is 4.32. The first-order valence-electron chi connectivity index (χ1n) is 11.3. The Balaban J connectivity index is 0.00000274. The predicted octanol–water partition coefficient (Wildman–Crippen LogP) is 3.03. The summed E-state index contributed by atoms with van der Waals surface area (Å²) in [6.45, 7) is 4.55. The van der Waals surface area contributed by atoms with E-state index >= 15 is 0 Å². The second kappa shape index (κ2) is 10.3. The van der Waals surface area contributed by atoms with Crippen LogP contribution in [0, 0.1) is 24.2 Å². The van der Waals surface area contributed by atoms with Crippen LogP contribution in [0.15, 0.2) is 42.9 Å². The molecule has 2 aliphatic rings. The summed E-state index contributed by atoms with van der Waals surface area (Å²) in [7, 11) is 0. The van der Waals surface area contributed by atoms with Crippen LogP contribution in [0.5, 0.6) is 0 Å². The van der Waals surface area contributed by atoms with E-state index in [1.165, 1.54) is 0 Å². The van der Waals surface area contributed by atoms with Crippen LogP contribution in [-0.2, 0) is 0 Å². The minimum Gasteiger partial charge on any atom is -0.321 e. The molecule has 0 spiro atoms. The van der Waals surface area contributed by atoms with E-state index < -0.39 is 6.04 Å². The molecule has 2 saturated heterocycles. The third kappa shape index (κ3) is 4.80. The van der Waals surface area contributed by atoms with Gasteiger partial charge in [0.1, 0.15) is 0 Å². The standard InChI is InChI=1S/C24H26N8O.ClH/c1-15-11-28-24(30-19-13-29-32(14-19)20-6-8-26-9-7-20)31-21(15)16-2-4-17(5-3-16)23(33)22-18(10-25)12-27-22;/h2-5,11,13-14,18,20,22,26-27H,6-9,12H2,1H3,(H,28,30,31);1H. The molecule has 0 aliphatic carbocycles. The van der Waals surface area contributed by atoms with Crippen LogP contribution in [0.25, 0.3) is 11.3 Å². The van der Waals surface area contributed by atoms with Crippen LogP contribution >= 0.6 is 12.4 Å². The summed E-state index contributed by atoms with van der Waals surface area (Å²) in [4.78, 5) is 21.8. The highest BCUT2D eigenvalue weighted by atomic mass is 35.5. The van der Waals surface area contributed by atoms with Gasteiger partial charge in [-0.25, -0.2) is 9.97 Å². The Morgan fingerprint density at radius 1 is 1.21 bits per heavy atom. The molecule has 0 amide bonds. The predicted molar refractivity (Wildman–Crippen MR) is 131 cm³/mol. The van der Waals surface area contributed by atoms with Gasteiger partial charge in [-0.3, -0.25) is 9.48 Å². The highest BCUT2D eigenvalue weighted by molar-refractivity contribution is 6.01. The molecule has 5 rings (SSSR count). The van der Waals surface area contributed by atoms with Crippen molar-refractivity contribution >= 4 is 29.8 Å². The molecular formula is C24H27ClN8O. The van der Waals surface area contributed by atoms with Crippen LogP contribution < -0.4 is 16.0 Å². The van der Waals surface area contributed by atoms with E-state index in [9.17, 15) is 4.79 Å². The van der Waals surface area contributed by atoms with Crippen LogP contribution in [-0.4, -0.2) is 51.2 Å². The number of nitrogens with one attached hydrogen (secondary N) is 3. The lowest BCUT2D eigenvalue weighted by Gasteiger charge is -2.31. The van der Waals surface area contributed by atoms with Crippen LogP contribution in [0.4, 0.5) is 11.6 Å². The molecule has 0 bridgehead atoms. The summed E-state index contributed by atoms with van der Waals surface area (Å²) in [5, 5.41) is 23.3. The van der Waals surface area contributed by atoms with E-state index in [0.717, 1.165) is 48.4 Å². The Labute approximate surface area is 204 Å². The van der Waals surface area contributed by atoms with E-state index in [0.29, 0.717) is 24.1 Å². The zero-order valence-corrected chi connectivity index (χ0v) is 19.7. The number of nitrogens with zero attached hydrogens (tertiary/aromatic N) is 5. The first kappa shape index (κ1) is 23.8. The highest BCUT2D eigenvalue weighted by Gasteiger charge is 2.36. The topological polar surface area (TPSA) is 121 Å². The number of aryl methyl sites for hydroxylation is 1. The van der Waals surface area contributed by atoms with Gasteiger partial charge >= 0.3 is 0 Å². The molecule has 2 unspecified atom stereocenters. The monoisotopic (exact) mass is 478 g/mol. The lowest BCUT2D eigenvalue weighted by atomic mass is 9.86. The number of ketones is 1. The van der Waals surface area contributed by atoms with Crippen molar-refractivity contribution in [3.8, 4) is 17.3 Å². The second-order valence-corrected chi connectivity index (χ2v) is 8.60. The quantitative estimate of drug-likeness (QED) is 0.462. The molecule has 176 valence electrons. The maximum atomic E-state index is 12.6. The first-order chi connectivity index (χ1) is 16.1. The Bertz CT molecular complexity index is 1200. The number of Topliss-reactive ketones (excluding diaryl/α,β-unsaturated/α-hetero) is 1. The van der Waals surface area contributed by atoms with Crippen molar-refractivity contribution in [1.82, 2.24) is 30.4 Å². The van der Waals surface area contributed by atoms with Gasteiger partial charge in [0.05, 0.1) is 41.6 Å². The Morgan fingerprint density at radius 2 is 1.97 bits per heavy atom. The first-order valence-corrected chi connectivity index (χ1v) is 11.3. The van der Waals surface area contributed by atoms with E-state index in [1.54, 1.807) is 24.5 Å². The summed E-state index contributed by atoms with van der Waals surface area (Å²) < 4.78 is 2.02. The number of carbonyl (C=O) groups is 1. The molecule has 3 aromatic rings. The van der Waals surface area contributed by atoms with Gasteiger partial charge in [-0.15, -0.1) is 12.4 Å². The molecule has 2 aromatic heterocycles. The molecular weight excluding hydrogens is 452 g/mol. The molecule has 10 heteroatoms. The van der Waals surface area contributed by atoms with Gasteiger partial charge in [-0.2, -0.15) is 10.4 Å². The molecule has 0 saturated carbocycles. The molecule has 1 aromatic carbocycles. The Kier molecular flexibility index (Phi) is 7.22. The smallest absolute Gasteiger partial charge is 0.227 e. The van der Waals surface area contributed by atoms with Crippen molar-refractivity contribution in [2.75, 3.05) is 25.0 Å². The zero-order valence-electron chi connectivity index (χ0n) is 18.9. The normalized spacial score (nSPS) is 20.0. The van der Waals surface area contributed by atoms with E-state index in [4.69, 9.17) is 10.2 Å². The molecule has 0 radical (unpaired) electrons. The number of rotatable bonds is 6. The van der Waals surface area contributed by atoms with Crippen LogP contribution in [0.3, 0.4) is 0 Å². The highest BCUT2D eigenvalue weighted by Crippen LogP contribution is 2.26. The second-order valence-electron chi connectivity index (χ2n) is 8.60. The largest absolute Gasteiger partial charge is 0.321 e. The molecule has 2 atom stereocenters. The van der Waals surface area contributed by atoms with Crippen LogP contribution in [0.2, 0.25) is 0 Å². The molecule has 3 N–H and O–H groups in total. The van der Waals surface area contributed by atoms with Crippen molar-refractivity contribution in [3.63, 3.8) is 0 Å². The lowest BCUT2D eigenvalue weighted by molar-refractivity contribution is 0.0868. The van der Waals surface area contributed by atoms with Crippen molar-refractivity contribution in [2.45, 2.75) is 31.8 Å². The molecule has 9 nitrogen and oxygen atoms in total. The van der Waals surface area contributed by atoms with Gasteiger partial charge in [0.2, 0.25) is 5.95 Å². The van der Waals surface area contributed by atoms with Gasteiger partial charge in [-0.1, -0.05) is 24.3 Å². The zero-order chi connectivity index (χ0) is 22.8. The number of piperidine rings is 1. The van der Waals surface area contributed by atoms with Crippen molar-refractivity contribution in [3.05, 3.63) is 54.0 Å².